The molecule has 0 aliphatic carbocycles. The number of hydrogen-bond donors (Lipinski definition) is 2. The van der Waals surface area contributed by atoms with E-state index in [0.29, 0.717) is 22.6 Å². The van der Waals surface area contributed by atoms with Gasteiger partial charge in [0.15, 0.2) is 0 Å². The molecular formula is C15H15FN2O2. The summed E-state index contributed by atoms with van der Waals surface area (Å²) in [4.78, 5) is 16.2. The highest BCUT2D eigenvalue weighted by Crippen LogP contribution is 2.27. The lowest BCUT2D eigenvalue weighted by molar-refractivity contribution is 0.102. The Morgan fingerprint density at radius 1 is 1.25 bits per heavy atom. The zero-order valence-corrected chi connectivity index (χ0v) is 11.5. The van der Waals surface area contributed by atoms with Gasteiger partial charge in [-0.2, -0.15) is 0 Å². The summed E-state index contributed by atoms with van der Waals surface area (Å²) in [6, 6.07) is 5.42. The quantitative estimate of drug-likeness (QED) is 0.884. The summed E-state index contributed by atoms with van der Waals surface area (Å²) in [5.74, 6) is -0.427. The molecule has 2 rings (SSSR count). The normalized spacial score (nSPS) is 10.4. The number of aromatic hydroxyl groups is 1. The van der Waals surface area contributed by atoms with Gasteiger partial charge in [-0.1, -0.05) is 6.07 Å². The lowest BCUT2D eigenvalue weighted by atomic mass is 10.1. The van der Waals surface area contributed by atoms with Crippen LogP contribution in [0.3, 0.4) is 0 Å². The van der Waals surface area contributed by atoms with Crippen molar-refractivity contribution < 1.29 is 14.3 Å². The minimum atomic E-state index is -0.472. The second-order valence-electron chi connectivity index (χ2n) is 4.61. The summed E-state index contributed by atoms with van der Waals surface area (Å²) < 4.78 is 13.1. The molecule has 1 heterocycles. The minimum absolute atomic E-state index is 0.117. The van der Waals surface area contributed by atoms with E-state index in [2.05, 4.69) is 10.3 Å². The highest BCUT2D eigenvalue weighted by atomic mass is 19.1. The van der Waals surface area contributed by atoms with Crippen molar-refractivity contribution in [3.8, 4) is 5.75 Å². The fourth-order valence-corrected chi connectivity index (χ4v) is 1.86. The number of nitrogens with zero attached hydrogens (tertiary/aromatic N) is 1. The topological polar surface area (TPSA) is 62.2 Å². The van der Waals surface area contributed by atoms with E-state index in [9.17, 15) is 14.3 Å². The Morgan fingerprint density at radius 2 is 1.95 bits per heavy atom. The van der Waals surface area contributed by atoms with Crippen LogP contribution in [0.5, 0.6) is 5.75 Å². The fourth-order valence-electron chi connectivity index (χ4n) is 1.86. The number of carbonyl (C=O) groups excluding carboxylic acids is 1. The molecule has 4 nitrogen and oxygen atoms in total. The van der Waals surface area contributed by atoms with Gasteiger partial charge in [0.05, 0.1) is 5.69 Å². The summed E-state index contributed by atoms with van der Waals surface area (Å²) >= 11 is 0. The third kappa shape index (κ3) is 2.61. The molecule has 5 heteroatoms. The van der Waals surface area contributed by atoms with E-state index < -0.39 is 11.7 Å². The van der Waals surface area contributed by atoms with Crippen molar-refractivity contribution in [1.82, 2.24) is 4.98 Å². The number of halogens is 1. The maximum atomic E-state index is 13.1. The zero-order valence-electron chi connectivity index (χ0n) is 11.5. The van der Waals surface area contributed by atoms with Gasteiger partial charge in [0, 0.05) is 5.56 Å². The summed E-state index contributed by atoms with van der Waals surface area (Å²) in [5, 5.41) is 12.4. The first kappa shape index (κ1) is 14.0. The van der Waals surface area contributed by atoms with Gasteiger partial charge in [-0.15, -0.1) is 0 Å². The predicted octanol–water partition coefficient (Wildman–Crippen LogP) is 3.10. The van der Waals surface area contributed by atoms with Gasteiger partial charge in [-0.25, -0.2) is 9.37 Å². The second kappa shape index (κ2) is 5.28. The molecule has 0 bridgehead atoms. The van der Waals surface area contributed by atoms with E-state index in [1.54, 1.807) is 20.8 Å². The van der Waals surface area contributed by atoms with Crippen LogP contribution in [0.1, 0.15) is 27.2 Å². The van der Waals surface area contributed by atoms with E-state index in [1.807, 2.05) is 0 Å². The monoisotopic (exact) mass is 274 g/mol. The molecule has 0 atom stereocenters. The van der Waals surface area contributed by atoms with Crippen LogP contribution >= 0.6 is 0 Å². The van der Waals surface area contributed by atoms with Gasteiger partial charge in [-0.05, 0) is 50.1 Å². The molecule has 104 valence electrons. The van der Waals surface area contributed by atoms with Crippen LogP contribution in [0.25, 0.3) is 0 Å². The van der Waals surface area contributed by atoms with Crippen molar-refractivity contribution in [1.29, 1.82) is 0 Å². The van der Waals surface area contributed by atoms with Crippen molar-refractivity contribution in [2.24, 2.45) is 0 Å². The number of hydrogen-bond acceptors (Lipinski definition) is 3. The second-order valence-corrected chi connectivity index (χ2v) is 4.61. The molecule has 0 fully saturated rings. The van der Waals surface area contributed by atoms with Crippen molar-refractivity contribution >= 4 is 11.7 Å². The number of pyridine rings is 1. The average molecular weight is 274 g/mol. The van der Waals surface area contributed by atoms with Crippen molar-refractivity contribution in [2.75, 3.05) is 5.32 Å². The van der Waals surface area contributed by atoms with Crippen molar-refractivity contribution in [2.45, 2.75) is 20.8 Å². The lowest BCUT2D eigenvalue weighted by Crippen LogP contribution is -2.15. The van der Waals surface area contributed by atoms with Crippen molar-refractivity contribution in [3.63, 3.8) is 0 Å². The molecule has 0 saturated carbocycles. The third-order valence-corrected chi connectivity index (χ3v) is 3.21. The van der Waals surface area contributed by atoms with Crippen LogP contribution in [0.15, 0.2) is 24.3 Å². The Kier molecular flexibility index (Phi) is 3.70. The number of aryl methyl sites for hydroxylation is 1. The molecule has 0 saturated heterocycles. The highest BCUT2D eigenvalue weighted by molar-refractivity contribution is 6.04. The van der Waals surface area contributed by atoms with Crippen LogP contribution in [0, 0.1) is 26.6 Å². The van der Waals surface area contributed by atoms with Crippen LogP contribution in [0.2, 0.25) is 0 Å². The Bertz CT molecular complexity index is 684. The van der Waals surface area contributed by atoms with Gasteiger partial charge < -0.3 is 10.4 Å². The number of rotatable bonds is 2. The molecule has 0 unspecified atom stereocenters. The van der Waals surface area contributed by atoms with Gasteiger partial charge >= 0.3 is 0 Å². The molecule has 1 aromatic carbocycles. The number of amides is 1. The Balaban J connectivity index is 2.33. The van der Waals surface area contributed by atoms with Crippen LogP contribution in [0.4, 0.5) is 10.2 Å². The standard InChI is InChI=1S/C15H15FN2O2/c1-8-9(2)14(17-10(3)13(8)19)18-15(20)11-5-4-6-12(16)7-11/h4-7,19H,1-3H3,(H,17,18,20). The molecule has 1 aromatic heterocycles. The molecular weight excluding hydrogens is 259 g/mol. The van der Waals surface area contributed by atoms with E-state index in [-0.39, 0.29) is 11.3 Å². The van der Waals surface area contributed by atoms with Gasteiger partial charge in [-0.3, -0.25) is 4.79 Å². The fraction of sp³-hybridized carbons (Fsp3) is 0.200. The van der Waals surface area contributed by atoms with Crippen molar-refractivity contribution in [3.05, 3.63) is 52.5 Å². The first-order valence-corrected chi connectivity index (χ1v) is 6.14. The van der Waals surface area contributed by atoms with Gasteiger partial charge in [0.1, 0.15) is 17.4 Å². The van der Waals surface area contributed by atoms with Crippen LogP contribution in [-0.4, -0.2) is 16.0 Å². The number of aromatic nitrogens is 1. The lowest BCUT2D eigenvalue weighted by Gasteiger charge is -2.12. The Hall–Kier alpha value is -2.43. The number of benzene rings is 1. The molecule has 0 aliphatic heterocycles. The zero-order chi connectivity index (χ0) is 14.9. The minimum Gasteiger partial charge on any atom is -0.506 e. The molecule has 0 radical (unpaired) electrons. The number of anilines is 1. The molecule has 0 spiro atoms. The molecule has 20 heavy (non-hydrogen) atoms. The van der Waals surface area contributed by atoms with E-state index in [0.717, 1.165) is 6.07 Å². The van der Waals surface area contributed by atoms with Crippen LogP contribution < -0.4 is 5.32 Å². The maximum Gasteiger partial charge on any atom is 0.256 e. The number of carbonyl (C=O) groups is 1. The summed E-state index contributed by atoms with van der Waals surface area (Å²) in [5.41, 5.74) is 1.99. The Labute approximate surface area is 116 Å². The maximum absolute atomic E-state index is 13.1. The smallest absolute Gasteiger partial charge is 0.256 e. The van der Waals surface area contributed by atoms with Crippen LogP contribution in [-0.2, 0) is 0 Å². The van der Waals surface area contributed by atoms with E-state index in [4.69, 9.17) is 0 Å². The predicted molar refractivity (Wildman–Crippen MR) is 74.5 cm³/mol. The summed E-state index contributed by atoms with van der Waals surface area (Å²) in [7, 11) is 0. The molecule has 2 N–H and O–H groups in total. The first-order chi connectivity index (χ1) is 9.40. The van der Waals surface area contributed by atoms with Gasteiger partial charge in [0.25, 0.3) is 5.91 Å². The SMILES string of the molecule is Cc1nc(NC(=O)c2cccc(F)c2)c(C)c(C)c1O. The molecule has 2 aromatic rings. The Morgan fingerprint density at radius 3 is 2.60 bits per heavy atom. The molecule has 0 aliphatic rings. The largest absolute Gasteiger partial charge is 0.506 e. The van der Waals surface area contributed by atoms with E-state index >= 15 is 0 Å². The van der Waals surface area contributed by atoms with Gasteiger partial charge in [0.2, 0.25) is 0 Å². The average Bonchev–Trinajstić information content (AvgIpc) is 2.42. The highest BCUT2D eigenvalue weighted by Gasteiger charge is 2.14. The summed E-state index contributed by atoms with van der Waals surface area (Å²) in [6.07, 6.45) is 0. The third-order valence-electron chi connectivity index (χ3n) is 3.21. The van der Waals surface area contributed by atoms with E-state index in [1.165, 1.54) is 18.2 Å². The molecule has 1 amide bonds. The number of nitrogens with one attached hydrogen (secondary N) is 1. The first-order valence-electron chi connectivity index (χ1n) is 6.14. The summed E-state index contributed by atoms with van der Waals surface area (Å²) in [6.45, 7) is 5.15.